The van der Waals surface area contributed by atoms with E-state index in [4.69, 9.17) is 4.74 Å². The molecule has 32 heavy (non-hydrogen) atoms. The first-order valence-corrected chi connectivity index (χ1v) is 9.94. The maximum Gasteiger partial charge on any atom is 0.340 e. The number of aromatic nitrogens is 5. The van der Waals surface area contributed by atoms with E-state index in [1.807, 2.05) is 13.8 Å². The number of benzene rings is 1. The van der Waals surface area contributed by atoms with Gasteiger partial charge in [0.05, 0.1) is 23.1 Å². The van der Waals surface area contributed by atoms with E-state index in [0.29, 0.717) is 28.2 Å². The van der Waals surface area contributed by atoms with Crippen molar-refractivity contribution in [3.05, 3.63) is 65.9 Å². The van der Waals surface area contributed by atoms with Crippen LogP contribution in [0, 0.1) is 12.7 Å². The highest BCUT2D eigenvalue weighted by Crippen LogP contribution is 2.19. The molecule has 164 valence electrons. The van der Waals surface area contributed by atoms with Gasteiger partial charge in [-0.05, 0) is 51.1 Å². The lowest BCUT2D eigenvalue weighted by Gasteiger charge is -2.10. The molecule has 4 aromatic rings. The van der Waals surface area contributed by atoms with Crippen molar-refractivity contribution in [2.45, 2.75) is 26.8 Å². The molecule has 1 N–H and O–H groups in total. The third kappa shape index (κ3) is 4.34. The van der Waals surface area contributed by atoms with Crippen molar-refractivity contribution in [3.63, 3.8) is 0 Å². The Hall–Kier alpha value is -4.08. The summed E-state index contributed by atoms with van der Waals surface area (Å²) in [6, 6.07) is 9.11. The van der Waals surface area contributed by atoms with Crippen LogP contribution in [-0.4, -0.2) is 43.0 Å². The zero-order valence-corrected chi connectivity index (χ0v) is 17.7. The Bertz CT molecular complexity index is 1290. The number of carbonyl (C=O) groups is 2. The van der Waals surface area contributed by atoms with Crippen LogP contribution in [0.1, 0.15) is 35.9 Å². The van der Waals surface area contributed by atoms with Crippen LogP contribution in [-0.2, 0) is 9.53 Å². The molecule has 0 spiro atoms. The van der Waals surface area contributed by atoms with Crippen molar-refractivity contribution in [1.82, 2.24) is 24.5 Å². The van der Waals surface area contributed by atoms with Crippen LogP contribution in [0.2, 0.25) is 0 Å². The summed E-state index contributed by atoms with van der Waals surface area (Å²) in [4.78, 5) is 29.0. The van der Waals surface area contributed by atoms with E-state index in [1.54, 1.807) is 42.1 Å². The van der Waals surface area contributed by atoms with Crippen molar-refractivity contribution in [3.8, 4) is 5.69 Å². The lowest BCUT2D eigenvalue weighted by molar-refractivity contribution is -0.119. The second-order valence-corrected chi connectivity index (χ2v) is 7.50. The maximum absolute atomic E-state index is 13.2. The average Bonchev–Trinajstić information content (AvgIpc) is 3.35. The summed E-state index contributed by atoms with van der Waals surface area (Å²) in [6.45, 7) is 5.24. The third-order valence-electron chi connectivity index (χ3n) is 4.66. The molecule has 0 unspecified atom stereocenters. The summed E-state index contributed by atoms with van der Waals surface area (Å²) in [7, 11) is 0. The molecule has 0 bridgehead atoms. The van der Waals surface area contributed by atoms with Gasteiger partial charge in [0.2, 0.25) is 0 Å². The standard InChI is InChI=1S/C22H21FN6O3/c1-13(2)28-21-15(11-25-28)9-16(10-24-21)22(31)32-12-20(30)26-19-8-14(3)27-29(19)18-6-4-17(23)5-7-18/h4-11,13H,12H2,1-3H3,(H,26,30). The van der Waals surface area contributed by atoms with Crippen LogP contribution in [0.25, 0.3) is 16.7 Å². The van der Waals surface area contributed by atoms with E-state index in [2.05, 4.69) is 20.5 Å². The number of aryl methyl sites for hydroxylation is 1. The molecule has 4 rings (SSSR count). The number of halogens is 1. The predicted octanol–water partition coefficient (Wildman–Crippen LogP) is 3.44. The van der Waals surface area contributed by atoms with Gasteiger partial charge in [0.15, 0.2) is 12.3 Å². The molecule has 0 radical (unpaired) electrons. The van der Waals surface area contributed by atoms with Crippen molar-refractivity contribution >= 4 is 28.7 Å². The molecule has 0 aliphatic carbocycles. The summed E-state index contributed by atoms with van der Waals surface area (Å²) in [5.41, 5.74) is 2.12. The minimum atomic E-state index is -0.671. The van der Waals surface area contributed by atoms with Gasteiger partial charge < -0.3 is 10.1 Å². The van der Waals surface area contributed by atoms with Crippen molar-refractivity contribution in [2.75, 3.05) is 11.9 Å². The van der Waals surface area contributed by atoms with Crippen LogP contribution in [0.5, 0.6) is 0 Å². The number of esters is 1. The van der Waals surface area contributed by atoms with Crippen LogP contribution < -0.4 is 5.32 Å². The van der Waals surface area contributed by atoms with E-state index in [0.717, 1.165) is 0 Å². The quantitative estimate of drug-likeness (QED) is 0.465. The van der Waals surface area contributed by atoms with E-state index >= 15 is 0 Å². The molecule has 10 heteroatoms. The Labute approximate surface area is 182 Å². The number of nitrogens with one attached hydrogen (secondary N) is 1. The molecule has 3 heterocycles. The Kier molecular flexibility index (Phi) is 5.67. The number of hydrogen-bond donors (Lipinski definition) is 1. The first kappa shape index (κ1) is 21.2. The SMILES string of the molecule is Cc1cc(NC(=O)COC(=O)c2cnc3c(cnn3C(C)C)c2)n(-c2ccc(F)cc2)n1. The van der Waals surface area contributed by atoms with Crippen molar-refractivity contribution < 1.29 is 18.7 Å². The van der Waals surface area contributed by atoms with E-state index in [9.17, 15) is 14.0 Å². The second kappa shape index (κ2) is 8.58. The Morgan fingerprint density at radius 3 is 2.62 bits per heavy atom. The van der Waals surface area contributed by atoms with E-state index in [1.165, 1.54) is 23.0 Å². The minimum absolute atomic E-state index is 0.133. The Morgan fingerprint density at radius 2 is 1.91 bits per heavy atom. The van der Waals surface area contributed by atoms with Crippen LogP contribution in [0.15, 0.2) is 48.8 Å². The predicted molar refractivity (Wildman–Crippen MR) is 115 cm³/mol. The first-order chi connectivity index (χ1) is 15.3. The highest BCUT2D eigenvalue weighted by Gasteiger charge is 2.16. The highest BCUT2D eigenvalue weighted by molar-refractivity contribution is 5.96. The molecule has 1 aromatic carbocycles. The molecule has 0 aliphatic rings. The smallest absolute Gasteiger partial charge is 0.340 e. The lowest BCUT2D eigenvalue weighted by Crippen LogP contribution is -2.22. The van der Waals surface area contributed by atoms with Gasteiger partial charge in [-0.15, -0.1) is 0 Å². The van der Waals surface area contributed by atoms with Crippen molar-refractivity contribution in [2.24, 2.45) is 0 Å². The second-order valence-electron chi connectivity index (χ2n) is 7.50. The van der Waals surface area contributed by atoms with E-state index < -0.39 is 18.5 Å². The number of amides is 1. The number of carbonyl (C=O) groups excluding carboxylic acids is 2. The topological polar surface area (TPSA) is 104 Å². The van der Waals surface area contributed by atoms with Gasteiger partial charge in [0.25, 0.3) is 5.91 Å². The lowest BCUT2D eigenvalue weighted by atomic mass is 10.2. The molecule has 0 atom stereocenters. The molecule has 0 saturated heterocycles. The molecule has 0 aliphatic heterocycles. The average molecular weight is 436 g/mol. The monoisotopic (exact) mass is 436 g/mol. The molecule has 0 fully saturated rings. The summed E-state index contributed by atoms with van der Waals surface area (Å²) in [5.74, 6) is -1.21. The highest BCUT2D eigenvalue weighted by atomic mass is 19.1. The first-order valence-electron chi connectivity index (χ1n) is 9.94. The Morgan fingerprint density at radius 1 is 1.16 bits per heavy atom. The minimum Gasteiger partial charge on any atom is -0.452 e. The number of hydrogen-bond acceptors (Lipinski definition) is 6. The fourth-order valence-corrected chi connectivity index (χ4v) is 3.19. The van der Waals surface area contributed by atoms with E-state index in [-0.39, 0.29) is 17.4 Å². The van der Waals surface area contributed by atoms with Crippen molar-refractivity contribution in [1.29, 1.82) is 0 Å². The van der Waals surface area contributed by atoms with Crippen LogP contribution in [0.3, 0.4) is 0 Å². The Balaban J connectivity index is 1.42. The number of rotatable bonds is 6. The number of ether oxygens (including phenoxy) is 1. The number of anilines is 1. The number of fused-ring (bicyclic) bond motifs is 1. The van der Waals surface area contributed by atoms with Gasteiger partial charge in [-0.25, -0.2) is 23.5 Å². The zero-order valence-electron chi connectivity index (χ0n) is 17.7. The molecule has 3 aromatic heterocycles. The summed E-state index contributed by atoms with van der Waals surface area (Å²) in [5, 5.41) is 11.9. The van der Waals surface area contributed by atoms with Gasteiger partial charge in [-0.3, -0.25) is 4.79 Å². The van der Waals surface area contributed by atoms with Gasteiger partial charge in [0.1, 0.15) is 11.6 Å². The number of pyridine rings is 1. The van der Waals surface area contributed by atoms with Crippen LogP contribution in [0.4, 0.5) is 10.2 Å². The molecule has 9 nitrogen and oxygen atoms in total. The van der Waals surface area contributed by atoms with Crippen LogP contribution >= 0.6 is 0 Å². The summed E-state index contributed by atoms with van der Waals surface area (Å²) < 4.78 is 21.6. The fraction of sp³-hybridized carbons (Fsp3) is 0.227. The largest absolute Gasteiger partial charge is 0.452 e. The summed E-state index contributed by atoms with van der Waals surface area (Å²) >= 11 is 0. The maximum atomic E-state index is 13.2. The normalized spacial score (nSPS) is 11.2. The molecular formula is C22H21FN6O3. The molecule has 0 saturated carbocycles. The van der Waals surface area contributed by atoms with Gasteiger partial charge in [0, 0.05) is 23.7 Å². The van der Waals surface area contributed by atoms with Gasteiger partial charge >= 0.3 is 5.97 Å². The molecular weight excluding hydrogens is 415 g/mol. The summed E-state index contributed by atoms with van der Waals surface area (Å²) in [6.07, 6.45) is 3.03. The molecule has 1 amide bonds. The van der Waals surface area contributed by atoms with Gasteiger partial charge in [-0.1, -0.05) is 0 Å². The van der Waals surface area contributed by atoms with Gasteiger partial charge in [-0.2, -0.15) is 10.2 Å². The number of nitrogens with zero attached hydrogens (tertiary/aromatic N) is 5. The third-order valence-corrected chi connectivity index (χ3v) is 4.66. The zero-order chi connectivity index (χ0) is 22.8. The fourth-order valence-electron chi connectivity index (χ4n) is 3.19.